The van der Waals surface area contributed by atoms with Crippen molar-refractivity contribution in [3.05, 3.63) is 29.3 Å². The molecule has 0 bridgehead atoms. The molecule has 2 N–H and O–H groups in total. The third kappa shape index (κ3) is 2.73. The Morgan fingerprint density at radius 1 is 1.42 bits per heavy atom. The largest absolute Gasteiger partial charge is 0.508 e. The monoisotopic (exact) mass is 260 g/mol. The van der Waals surface area contributed by atoms with Crippen LogP contribution in [0.5, 0.6) is 5.75 Å². The lowest BCUT2D eigenvalue weighted by molar-refractivity contribution is -0.133. The number of fused-ring (bicyclic) bond motifs is 1. The molecular formula is C15H20N2O2. The van der Waals surface area contributed by atoms with Crippen LogP contribution in [0.2, 0.25) is 0 Å². The molecule has 2 aliphatic rings. The van der Waals surface area contributed by atoms with Crippen LogP contribution in [0.25, 0.3) is 0 Å². The molecule has 2 aliphatic heterocycles. The van der Waals surface area contributed by atoms with Crippen molar-refractivity contribution in [2.45, 2.75) is 25.8 Å². The fourth-order valence-electron chi connectivity index (χ4n) is 3.02. The summed E-state index contributed by atoms with van der Waals surface area (Å²) in [5.74, 6) is 1.04. The summed E-state index contributed by atoms with van der Waals surface area (Å²) in [7, 11) is 0. The average molecular weight is 260 g/mol. The lowest BCUT2D eigenvalue weighted by atomic mass is 9.98. The first-order chi connectivity index (χ1) is 9.22. The Bertz CT molecular complexity index is 481. The number of benzene rings is 1. The van der Waals surface area contributed by atoms with Crippen LogP contribution in [0.3, 0.4) is 0 Å². The topological polar surface area (TPSA) is 52.6 Å². The predicted octanol–water partition coefficient (Wildman–Crippen LogP) is 1.28. The first kappa shape index (κ1) is 12.5. The normalized spacial score (nSPS) is 22.3. The van der Waals surface area contributed by atoms with Gasteiger partial charge in [-0.3, -0.25) is 4.79 Å². The van der Waals surface area contributed by atoms with E-state index >= 15 is 0 Å². The molecule has 2 heterocycles. The molecule has 0 aromatic heterocycles. The van der Waals surface area contributed by atoms with Crippen LogP contribution in [-0.2, 0) is 17.8 Å². The first-order valence-corrected chi connectivity index (χ1v) is 7.01. The van der Waals surface area contributed by atoms with Crippen molar-refractivity contribution in [2.75, 3.05) is 19.6 Å². The molecule has 1 aromatic rings. The maximum absolute atomic E-state index is 12.3. The molecule has 1 saturated heterocycles. The molecule has 0 saturated carbocycles. The van der Waals surface area contributed by atoms with Gasteiger partial charge in [0.1, 0.15) is 5.75 Å². The van der Waals surface area contributed by atoms with Gasteiger partial charge in [-0.2, -0.15) is 0 Å². The fraction of sp³-hybridized carbons (Fsp3) is 0.533. The highest BCUT2D eigenvalue weighted by molar-refractivity contribution is 5.77. The molecule has 1 atom stereocenters. The number of phenolic OH excluding ortho intramolecular Hbond substituents is 1. The van der Waals surface area contributed by atoms with E-state index in [1.54, 1.807) is 12.1 Å². The van der Waals surface area contributed by atoms with E-state index in [-0.39, 0.29) is 11.7 Å². The molecule has 102 valence electrons. The lowest BCUT2D eigenvalue weighted by Crippen LogP contribution is -2.37. The van der Waals surface area contributed by atoms with Crippen LogP contribution in [0.15, 0.2) is 18.2 Å². The van der Waals surface area contributed by atoms with Gasteiger partial charge in [0.15, 0.2) is 0 Å². The van der Waals surface area contributed by atoms with Crippen molar-refractivity contribution < 1.29 is 9.90 Å². The van der Waals surface area contributed by atoms with E-state index in [0.717, 1.165) is 38.0 Å². The molecule has 19 heavy (non-hydrogen) atoms. The third-order valence-corrected chi connectivity index (χ3v) is 4.18. The molecule has 0 radical (unpaired) electrons. The SMILES string of the molecule is O=C(CC1CCNC1)N1CCc2ccc(O)cc2C1. The van der Waals surface area contributed by atoms with Gasteiger partial charge >= 0.3 is 0 Å². The average Bonchev–Trinajstić information content (AvgIpc) is 2.90. The number of hydrogen-bond donors (Lipinski definition) is 2. The Morgan fingerprint density at radius 3 is 3.11 bits per heavy atom. The number of carbonyl (C=O) groups is 1. The quantitative estimate of drug-likeness (QED) is 0.842. The van der Waals surface area contributed by atoms with Gasteiger partial charge in [0.05, 0.1) is 0 Å². The van der Waals surface area contributed by atoms with Crippen molar-refractivity contribution in [3.8, 4) is 5.75 Å². The van der Waals surface area contributed by atoms with Crippen LogP contribution in [0, 0.1) is 5.92 Å². The van der Waals surface area contributed by atoms with E-state index in [2.05, 4.69) is 5.32 Å². The van der Waals surface area contributed by atoms with Gasteiger partial charge < -0.3 is 15.3 Å². The number of rotatable bonds is 2. The van der Waals surface area contributed by atoms with Crippen molar-refractivity contribution in [2.24, 2.45) is 5.92 Å². The highest BCUT2D eigenvalue weighted by Crippen LogP contribution is 2.24. The molecule has 1 amide bonds. The summed E-state index contributed by atoms with van der Waals surface area (Å²) in [4.78, 5) is 14.2. The summed E-state index contributed by atoms with van der Waals surface area (Å²) in [6.45, 7) is 3.45. The maximum atomic E-state index is 12.3. The van der Waals surface area contributed by atoms with Gasteiger partial charge in [-0.1, -0.05) is 6.07 Å². The Labute approximate surface area is 113 Å². The Morgan fingerprint density at radius 2 is 2.32 bits per heavy atom. The van der Waals surface area contributed by atoms with Crippen molar-refractivity contribution >= 4 is 5.91 Å². The van der Waals surface area contributed by atoms with E-state index in [1.165, 1.54) is 5.56 Å². The number of aromatic hydroxyl groups is 1. The second-order valence-corrected chi connectivity index (χ2v) is 5.58. The number of nitrogens with zero attached hydrogens (tertiary/aromatic N) is 1. The zero-order valence-corrected chi connectivity index (χ0v) is 11.1. The number of amides is 1. The highest BCUT2D eigenvalue weighted by Gasteiger charge is 2.24. The number of carbonyl (C=O) groups excluding carboxylic acids is 1. The van der Waals surface area contributed by atoms with E-state index < -0.39 is 0 Å². The van der Waals surface area contributed by atoms with E-state index in [4.69, 9.17) is 0 Å². The smallest absolute Gasteiger partial charge is 0.223 e. The molecule has 4 nitrogen and oxygen atoms in total. The minimum atomic E-state index is 0.252. The fourth-order valence-corrected chi connectivity index (χ4v) is 3.02. The molecule has 0 spiro atoms. The number of phenols is 1. The standard InChI is InChI=1S/C15H20N2O2/c18-14-2-1-12-4-6-17(10-13(12)8-14)15(19)7-11-3-5-16-9-11/h1-2,8,11,16,18H,3-7,9-10H2. The van der Waals surface area contributed by atoms with Crippen LogP contribution in [-0.4, -0.2) is 35.5 Å². The van der Waals surface area contributed by atoms with Crippen molar-refractivity contribution in [1.82, 2.24) is 10.2 Å². The molecule has 3 rings (SSSR count). The first-order valence-electron chi connectivity index (χ1n) is 7.01. The summed E-state index contributed by atoms with van der Waals surface area (Å²) < 4.78 is 0. The third-order valence-electron chi connectivity index (χ3n) is 4.18. The van der Waals surface area contributed by atoms with Gasteiger partial charge in [-0.25, -0.2) is 0 Å². The second kappa shape index (κ2) is 5.21. The van der Waals surface area contributed by atoms with E-state index in [1.807, 2.05) is 11.0 Å². The lowest BCUT2D eigenvalue weighted by Gasteiger charge is -2.29. The van der Waals surface area contributed by atoms with Gasteiger partial charge in [0, 0.05) is 19.5 Å². The van der Waals surface area contributed by atoms with Crippen molar-refractivity contribution in [1.29, 1.82) is 0 Å². The Hall–Kier alpha value is -1.55. The zero-order chi connectivity index (χ0) is 13.2. The molecule has 4 heteroatoms. The molecule has 1 aromatic carbocycles. The van der Waals surface area contributed by atoms with Gasteiger partial charge in [-0.15, -0.1) is 0 Å². The predicted molar refractivity (Wildman–Crippen MR) is 72.8 cm³/mol. The number of hydrogen-bond acceptors (Lipinski definition) is 3. The van der Waals surface area contributed by atoms with Gasteiger partial charge in [0.25, 0.3) is 0 Å². The van der Waals surface area contributed by atoms with Gasteiger partial charge in [-0.05, 0) is 55.1 Å². The Kier molecular flexibility index (Phi) is 3.42. The molecule has 0 aliphatic carbocycles. The summed E-state index contributed by atoms with van der Waals surface area (Å²) in [5.41, 5.74) is 2.34. The Balaban J connectivity index is 1.65. The molecule has 1 fully saturated rings. The summed E-state index contributed by atoms with van der Waals surface area (Å²) in [5, 5.41) is 12.8. The highest BCUT2D eigenvalue weighted by atomic mass is 16.3. The minimum Gasteiger partial charge on any atom is -0.508 e. The zero-order valence-electron chi connectivity index (χ0n) is 11.1. The maximum Gasteiger partial charge on any atom is 0.223 e. The summed E-state index contributed by atoms with van der Waals surface area (Å²) in [6.07, 6.45) is 2.66. The summed E-state index contributed by atoms with van der Waals surface area (Å²) in [6, 6.07) is 5.47. The van der Waals surface area contributed by atoms with E-state index in [9.17, 15) is 9.90 Å². The van der Waals surface area contributed by atoms with Crippen LogP contribution < -0.4 is 5.32 Å². The molecule has 1 unspecified atom stereocenters. The van der Waals surface area contributed by atoms with Crippen LogP contribution >= 0.6 is 0 Å². The summed E-state index contributed by atoms with van der Waals surface area (Å²) >= 11 is 0. The minimum absolute atomic E-state index is 0.252. The number of nitrogens with one attached hydrogen (secondary N) is 1. The van der Waals surface area contributed by atoms with Crippen LogP contribution in [0.1, 0.15) is 24.0 Å². The van der Waals surface area contributed by atoms with Gasteiger partial charge in [0.2, 0.25) is 5.91 Å². The van der Waals surface area contributed by atoms with Crippen molar-refractivity contribution in [3.63, 3.8) is 0 Å². The second-order valence-electron chi connectivity index (χ2n) is 5.58. The van der Waals surface area contributed by atoms with Crippen LogP contribution in [0.4, 0.5) is 0 Å². The molecular weight excluding hydrogens is 240 g/mol. The van der Waals surface area contributed by atoms with E-state index in [0.29, 0.717) is 18.9 Å².